The van der Waals surface area contributed by atoms with Gasteiger partial charge in [-0.2, -0.15) is 0 Å². The van der Waals surface area contributed by atoms with Gasteiger partial charge in [0.2, 0.25) is 0 Å². The van der Waals surface area contributed by atoms with Crippen molar-refractivity contribution < 1.29 is 0 Å². The minimum atomic E-state index is -0.589. The van der Waals surface area contributed by atoms with Gasteiger partial charge in [0, 0.05) is 12.4 Å². The van der Waals surface area contributed by atoms with E-state index in [1.807, 2.05) is 16.8 Å². The first-order valence-electron chi connectivity index (χ1n) is 5.18. The molecule has 0 fully saturated rings. The van der Waals surface area contributed by atoms with Crippen molar-refractivity contribution in [2.75, 3.05) is 0 Å². The van der Waals surface area contributed by atoms with Gasteiger partial charge in [0.1, 0.15) is 0 Å². The fourth-order valence-electron chi connectivity index (χ4n) is 1.59. The summed E-state index contributed by atoms with van der Waals surface area (Å²) in [7, 11) is 0. The second kappa shape index (κ2) is 4.60. The van der Waals surface area contributed by atoms with E-state index in [1.54, 1.807) is 6.20 Å². The third-order valence-electron chi connectivity index (χ3n) is 2.25. The molecular weight excluding hydrogens is 245 g/mol. The quantitative estimate of drug-likeness (QED) is 0.790. The molecule has 0 amide bonds. The summed E-state index contributed by atoms with van der Waals surface area (Å²) in [5.74, 6) is 0.585. The molecule has 0 aliphatic heterocycles. The molecule has 86 valence electrons. The highest BCUT2D eigenvalue weighted by atomic mass is 35.5. The van der Waals surface area contributed by atoms with Crippen molar-refractivity contribution in [3.8, 4) is 0 Å². The van der Waals surface area contributed by atoms with Crippen molar-refractivity contribution in [2.24, 2.45) is 5.92 Å². The van der Waals surface area contributed by atoms with Crippen molar-refractivity contribution in [3.63, 3.8) is 0 Å². The molecule has 0 aromatic carbocycles. The molecule has 0 saturated heterocycles. The Morgan fingerprint density at radius 3 is 2.69 bits per heavy atom. The summed E-state index contributed by atoms with van der Waals surface area (Å²) in [4.78, 5) is 8.03. The van der Waals surface area contributed by atoms with Crippen LogP contribution in [0.2, 0.25) is 0 Å². The lowest BCUT2D eigenvalue weighted by molar-refractivity contribution is 0.632. The molecule has 0 spiro atoms. The Labute approximate surface area is 104 Å². The predicted octanol–water partition coefficient (Wildman–Crippen LogP) is 3.40. The Kier molecular flexibility index (Phi) is 3.36. The van der Waals surface area contributed by atoms with Gasteiger partial charge in [-0.05, 0) is 12.3 Å². The van der Waals surface area contributed by atoms with Crippen molar-refractivity contribution in [2.45, 2.75) is 25.1 Å². The van der Waals surface area contributed by atoms with E-state index in [-0.39, 0.29) is 0 Å². The highest BCUT2D eigenvalue weighted by Gasteiger charge is 2.09. The predicted molar refractivity (Wildman–Crippen MR) is 66.0 cm³/mol. The SMILES string of the molecule is CC(C)Cc1cn2cc(C(Cl)Cl)nc2cn1. The third-order valence-corrected chi connectivity index (χ3v) is 2.70. The average molecular weight is 258 g/mol. The highest BCUT2D eigenvalue weighted by molar-refractivity contribution is 6.43. The zero-order valence-electron chi connectivity index (χ0n) is 9.19. The summed E-state index contributed by atoms with van der Waals surface area (Å²) in [5.41, 5.74) is 2.48. The number of aromatic nitrogens is 3. The van der Waals surface area contributed by atoms with Gasteiger partial charge in [0.05, 0.1) is 17.6 Å². The molecule has 0 atom stereocenters. The molecule has 0 saturated carbocycles. The number of rotatable bonds is 3. The summed E-state index contributed by atoms with van der Waals surface area (Å²) in [6, 6.07) is 0. The third kappa shape index (κ3) is 2.47. The van der Waals surface area contributed by atoms with Crippen molar-refractivity contribution in [1.29, 1.82) is 0 Å². The minimum absolute atomic E-state index is 0.585. The Hall–Kier alpha value is -0.800. The number of fused-ring (bicyclic) bond motifs is 1. The van der Waals surface area contributed by atoms with Crippen LogP contribution in [0.25, 0.3) is 5.65 Å². The van der Waals surface area contributed by atoms with Crippen LogP contribution in [0.4, 0.5) is 0 Å². The van der Waals surface area contributed by atoms with Gasteiger partial charge in [0.15, 0.2) is 10.5 Å². The van der Waals surface area contributed by atoms with Gasteiger partial charge in [-0.15, -0.1) is 0 Å². The van der Waals surface area contributed by atoms with Gasteiger partial charge in [-0.1, -0.05) is 37.0 Å². The molecule has 2 rings (SSSR count). The fourth-order valence-corrected chi connectivity index (χ4v) is 1.80. The molecule has 2 heterocycles. The van der Waals surface area contributed by atoms with E-state index < -0.39 is 4.84 Å². The maximum absolute atomic E-state index is 5.77. The van der Waals surface area contributed by atoms with Crippen LogP contribution in [0.15, 0.2) is 18.6 Å². The van der Waals surface area contributed by atoms with Gasteiger partial charge in [-0.25, -0.2) is 4.98 Å². The average Bonchev–Trinajstić information content (AvgIpc) is 2.59. The zero-order valence-corrected chi connectivity index (χ0v) is 10.7. The molecule has 0 bridgehead atoms. The van der Waals surface area contributed by atoms with Crippen LogP contribution in [0, 0.1) is 5.92 Å². The van der Waals surface area contributed by atoms with Gasteiger partial charge in [-0.3, -0.25) is 4.98 Å². The summed E-state index contributed by atoms with van der Waals surface area (Å²) in [6.45, 7) is 4.33. The lowest BCUT2D eigenvalue weighted by Crippen LogP contribution is -1.99. The summed E-state index contributed by atoms with van der Waals surface area (Å²) in [5, 5.41) is 0. The van der Waals surface area contributed by atoms with E-state index in [9.17, 15) is 0 Å². The maximum atomic E-state index is 5.77. The fraction of sp³-hybridized carbons (Fsp3) is 0.455. The second-order valence-electron chi connectivity index (χ2n) is 4.21. The van der Waals surface area contributed by atoms with E-state index in [0.29, 0.717) is 11.6 Å². The van der Waals surface area contributed by atoms with Crippen LogP contribution in [-0.4, -0.2) is 14.4 Å². The molecule has 0 aliphatic carbocycles. The van der Waals surface area contributed by atoms with Gasteiger partial charge < -0.3 is 4.40 Å². The molecule has 16 heavy (non-hydrogen) atoms. The van der Waals surface area contributed by atoms with Crippen LogP contribution < -0.4 is 0 Å². The van der Waals surface area contributed by atoms with E-state index in [1.165, 1.54) is 0 Å². The smallest absolute Gasteiger partial charge is 0.155 e. The van der Waals surface area contributed by atoms with Gasteiger partial charge in [0.25, 0.3) is 0 Å². The van der Waals surface area contributed by atoms with E-state index in [4.69, 9.17) is 23.2 Å². The molecule has 2 aromatic rings. The van der Waals surface area contributed by atoms with E-state index >= 15 is 0 Å². The first-order valence-corrected chi connectivity index (χ1v) is 6.05. The highest BCUT2D eigenvalue weighted by Crippen LogP contribution is 2.23. The molecule has 0 aliphatic rings. The van der Waals surface area contributed by atoms with Crippen molar-refractivity contribution in [1.82, 2.24) is 14.4 Å². The van der Waals surface area contributed by atoms with Crippen molar-refractivity contribution >= 4 is 28.8 Å². The minimum Gasteiger partial charge on any atom is -0.304 e. The normalized spacial score (nSPS) is 11.9. The molecule has 0 N–H and O–H groups in total. The van der Waals surface area contributed by atoms with Crippen LogP contribution in [0.3, 0.4) is 0 Å². The van der Waals surface area contributed by atoms with Crippen LogP contribution in [0.5, 0.6) is 0 Å². The first-order chi connectivity index (χ1) is 7.56. The molecular formula is C11H13Cl2N3. The van der Waals surface area contributed by atoms with E-state index in [2.05, 4.69) is 23.8 Å². The number of alkyl halides is 2. The Morgan fingerprint density at radius 1 is 1.31 bits per heavy atom. The molecule has 2 aromatic heterocycles. The van der Waals surface area contributed by atoms with Gasteiger partial charge >= 0.3 is 0 Å². The summed E-state index contributed by atoms with van der Waals surface area (Å²) < 4.78 is 1.91. The van der Waals surface area contributed by atoms with Crippen LogP contribution in [-0.2, 0) is 6.42 Å². The monoisotopic (exact) mass is 257 g/mol. The zero-order chi connectivity index (χ0) is 11.7. The van der Waals surface area contributed by atoms with Crippen LogP contribution in [0.1, 0.15) is 30.1 Å². The first kappa shape index (κ1) is 11.7. The summed E-state index contributed by atoms with van der Waals surface area (Å²) >= 11 is 11.5. The number of imidazole rings is 1. The molecule has 3 nitrogen and oxygen atoms in total. The second-order valence-corrected chi connectivity index (χ2v) is 5.30. The Balaban J connectivity index is 2.38. The van der Waals surface area contributed by atoms with Crippen molar-refractivity contribution in [3.05, 3.63) is 30.0 Å². The molecule has 0 unspecified atom stereocenters. The number of halogens is 2. The summed E-state index contributed by atoms with van der Waals surface area (Å²) in [6.07, 6.45) is 6.51. The Morgan fingerprint density at radius 2 is 2.06 bits per heavy atom. The number of hydrogen-bond acceptors (Lipinski definition) is 2. The lowest BCUT2D eigenvalue weighted by atomic mass is 10.1. The number of hydrogen-bond donors (Lipinski definition) is 0. The molecule has 5 heteroatoms. The topological polar surface area (TPSA) is 30.2 Å². The Bertz CT molecular complexity index is 491. The largest absolute Gasteiger partial charge is 0.304 e. The van der Waals surface area contributed by atoms with Crippen LogP contribution >= 0.6 is 23.2 Å². The standard InChI is InChI=1S/C11H13Cl2N3/c1-7(2)3-8-5-16-6-9(11(12)13)15-10(16)4-14-8/h4-7,11H,3H2,1-2H3. The van der Waals surface area contributed by atoms with E-state index in [0.717, 1.165) is 17.8 Å². The molecule has 0 radical (unpaired) electrons. The lowest BCUT2D eigenvalue weighted by Gasteiger charge is -2.03. The maximum Gasteiger partial charge on any atom is 0.155 e. The number of nitrogens with zero attached hydrogens (tertiary/aromatic N) is 3.